The van der Waals surface area contributed by atoms with E-state index in [2.05, 4.69) is 45.5 Å². The number of aromatic nitrogens is 1. The van der Waals surface area contributed by atoms with Crippen LogP contribution in [0.5, 0.6) is 0 Å². The van der Waals surface area contributed by atoms with Crippen molar-refractivity contribution in [2.45, 2.75) is 32.2 Å². The van der Waals surface area contributed by atoms with Crippen molar-refractivity contribution in [3.05, 3.63) is 83.6 Å². The van der Waals surface area contributed by atoms with Gasteiger partial charge in [-0.05, 0) is 61.1 Å². The molecule has 0 unspecified atom stereocenters. The Balaban J connectivity index is 1.36. The van der Waals surface area contributed by atoms with Crippen molar-refractivity contribution < 1.29 is 4.79 Å². The first-order chi connectivity index (χ1) is 15.3. The monoisotopic (exact) mass is 412 g/mol. The van der Waals surface area contributed by atoms with Crippen LogP contribution in [-0.4, -0.2) is 30.5 Å². The lowest BCUT2D eigenvalue weighted by atomic mass is 10.1. The average Bonchev–Trinajstić information content (AvgIpc) is 3.27. The second-order valence-corrected chi connectivity index (χ2v) is 8.27. The van der Waals surface area contributed by atoms with E-state index in [-0.39, 0.29) is 5.91 Å². The number of nitrogens with one attached hydrogen (secondary N) is 1. The Morgan fingerprint density at radius 3 is 2.52 bits per heavy atom. The number of benzene rings is 2. The van der Waals surface area contributed by atoms with Crippen molar-refractivity contribution in [3.63, 3.8) is 0 Å². The molecule has 0 atom stereocenters. The summed E-state index contributed by atoms with van der Waals surface area (Å²) in [4.78, 5) is 22.3. The molecule has 5 rings (SSSR count). The van der Waals surface area contributed by atoms with Gasteiger partial charge in [-0.15, -0.1) is 0 Å². The third-order valence-electron chi connectivity index (χ3n) is 6.31. The zero-order valence-corrected chi connectivity index (χ0v) is 17.8. The molecule has 0 saturated carbocycles. The fourth-order valence-corrected chi connectivity index (χ4v) is 4.70. The van der Waals surface area contributed by atoms with Crippen molar-refractivity contribution in [1.29, 1.82) is 0 Å². The van der Waals surface area contributed by atoms with E-state index in [0.717, 1.165) is 25.2 Å². The van der Waals surface area contributed by atoms with E-state index in [9.17, 15) is 4.79 Å². The summed E-state index contributed by atoms with van der Waals surface area (Å²) in [5.41, 5.74) is 5.38. The second-order valence-electron chi connectivity index (χ2n) is 8.27. The van der Waals surface area contributed by atoms with Gasteiger partial charge in [-0.1, -0.05) is 36.4 Å². The molecule has 1 N–H and O–H groups in total. The number of anilines is 3. The van der Waals surface area contributed by atoms with Crippen molar-refractivity contribution in [3.8, 4) is 0 Å². The lowest BCUT2D eigenvalue weighted by Gasteiger charge is -2.30. The standard InChI is InChI=1S/C26H28N4O/c31-26(30-18-14-20-9-2-5-13-24(20)30)22-11-8-15-27-25(22)28-19-21-10-3-4-12-23(21)29-16-6-1-7-17-29/h2-5,8-13,15H,1,6-7,14,16-19H2,(H,27,28). The number of para-hydroxylation sites is 2. The first-order valence-electron chi connectivity index (χ1n) is 11.2. The molecule has 158 valence electrons. The molecule has 3 heterocycles. The van der Waals surface area contributed by atoms with Gasteiger partial charge in [0.15, 0.2) is 0 Å². The topological polar surface area (TPSA) is 48.5 Å². The Bertz CT molecular complexity index is 1070. The highest BCUT2D eigenvalue weighted by molar-refractivity contribution is 6.10. The Labute approximate surface area is 183 Å². The Hall–Kier alpha value is -3.34. The SMILES string of the molecule is O=C(c1cccnc1NCc1ccccc1N1CCCCC1)N1CCc2ccccc21. The third-order valence-corrected chi connectivity index (χ3v) is 6.31. The molecular formula is C26H28N4O. The van der Waals surface area contributed by atoms with Crippen LogP contribution in [0.4, 0.5) is 17.2 Å². The zero-order valence-electron chi connectivity index (χ0n) is 17.8. The molecule has 0 aliphatic carbocycles. The molecule has 2 aliphatic rings. The zero-order chi connectivity index (χ0) is 21.0. The number of amides is 1. The maximum Gasteiger partial charge on any atom is 0.262 e. The van der Waals surface area contributed by atoms with Crippen molar-refractivity contribution in [2.75, 3.05) is 34.8 Å². The average molecular weight is 413 g/mol. The summed E-state index contributed by atoms with van der Waals surface area (Å²) < 4.78 is 0. The number of rotatable bonds is 5. The minimum absolute atomic E-state index is 0.00451. The maximum atomic E-state index is 13.4. The molecule has 1 aromatic heterocycles. The molecule has 5 heteroatoms. The highest BCUT2D eigenvalue weighted by Gasteiger charge is 2.27. The minimum atomic E-state index is 0.00451. The smallest absolute Gasteiger partial charge is 0.262 e. The number of carbonyl (C=O) groups is 1. The minimum Gasteiger partial charge on any atom is -0.371 e. The van der Waals surface area contributed by atoms with E-state index in [1.807, 2.05) is 35.2 Å². The van der Waals surface area contributed by atoms with Gasteiger partial charge in [0, 0.05) is 43.8 Å². The Morgan fingerprint density at radius 1 is 0.871 bits per heavy atom. The Kier molecular flexibility index (Phi) is 5.57. The van der Waals surface area contributed by atoms with Crippen LogP contribution in [0.25, 0.3) is 0 Å². The lowest BCUT2D eigenvalue weighted by molar-refractivity contribution is 0.0990. The van der Waals surface area contributed by atoms with Crippen LogP contribution >= 0.6 is 0 Å². The molecule has 31 heavy (non-hydrogen) atoms. The fourth-order valence-electron chi connectivity index (χ4n) is 4.70. The molecule has 5 nitrogen and oxygen atoms in total. The summed E-state index contributed by atoms with van der Waals surface area (Å²) in [6, 6.07) is 20.4. The largest absolute Gasteiger partial charge is 0.371 e. The highest BCUT2D eigenvalue weighted by Crippen LogP contribution is 2.30. The molecule has 0 radical (unpaired) electrons. The molecule has 1 saturated heterocycles. The lowest BCUT2D eigenvalue weighted by Crippen LogP contribution is -2.31. The van der Waals surface area contributed by atoms with Crippen LogP contribution < -0.4 is 15.1 Å². The van der Waals surface area contributed by atoms with Gasteiger partial charge in [-0.25, -0.2) is 4.98 Å². The quantitative estimate of drug-likeness (QED) is 0.648. The first kappa shape index (κ1) is 19.6. The van der Waals surface area contributed by atoms with Crippen molar-refractivity contribution in [1.82, 2.24) is 4.98 Å². The summed E-state index contributed by atoms with van der Waals surface area (Å²) >= 11 is 0. The van der Waals surface area contributed by atoms with Crippen molar-refractivity contribution in [2.24, 2.45) is 0 Å². The Morgan fingerprint density at radius 2 is 1.65 bits per heavy atom. The van der Waals surface area contributed by atoms with Gasteiger partial charge in [0.25, 0.3) is 5.91 Å². The molecule has 3 aromatic rings. The summed E-state index contributed by atoms with van der Waals surface area (Å²) in [6.07, 6.45) is 6.45. The molecule has 2 aliphatic heterocycles. The maximum absolute atomic E-state index is 13.4. The van der Waals surface area contributed by atoms with Gasteiger partial charge in [-0.2, -0.15) is 0 Å². The second kappa shape index (κ2) is 8.80. The van der Waals surface area contributed by atoms with E-state index in [4.69, 9.17) is 0 Å². The summed E-state index contributed by atoms with van der Waals surface area (Å²) in [7, 11) is 0. The van der Waals surface area contributed by atoms with E-state index >= 15 is 0 Å². The van der Waals surface area contributed by atoms with Gasteiger partial charge >= 0.3 is 0 Å². The molecule has 0 bridgehead atoms. The fraction of sp³-hybridized carbons (Fsp3) is 0.308. The van der Waals surface area contributed by atoms with Gasteiger partial charge in [-0.3, -0.25) is 4.79 Å². The number of piperidine rings is 1. The third kappa shape index (κ3) is 4.00. The van der Waals surface area contributed by atoms with Crippen molar-refractivity contribution >= 4 is 23.1 Å². The molecule has 0 spiro atoms. The van der Waals surface area contributed by atoms with Crippen LogP contribution in [-0.2, 0) is 13.0 Å². The molecule has 1 amide bonds. The number of pyridine rings is 1. The summed E-state index contributed by atoms with van der Waals surface area (Å²) in [5.74, 6) is 0.648. The number of hydrogen-bond donors (Lipinski definition) is 1. The van der Waals surface area contributed by atoms with Crippen LogP contribution in [0.2, 0.25) is 0 Å². The van der Waals surface area contributed by atoms with Crippen LogP contribution in [0, 0.1) is 0 Å². The van der Waals surface area contributed by atoms with Crippen LogP contribution in [0.3, 0.4) is 0 Å². The van der Waals surface area contributed by atoms with Gasteiger partial charge in [0.1, 0.15) is 5.82 Å². The summed E-state index contributed by atoms with van der Waals surface area (Å²) in [6.45, 7) is 3.57. The molecular weight excluding hydrogens is 384 g/mol. The number of carbonyl (C=O) groups excluding carboxylic acids is 1. The van der Waals surface area contributed by atoms with Gasteiger partial charge in [0.05, 0.1) is 5.56 Å². The highest BCUT2D eigenvalue weighted by atomic mass is 16.2. The first-order valence-corrected chi connectivity index (χ1v) is 11.2. The number of nitrogens with zero attached hydrogens (tertiary/aromatic N) is 3. The van der Waals surface area contributed by atoms with E-state index in [1.165, 1.54) is 36.1 Å². The predicted octanol–water partition coefficient (Wildman–Crippen LogP) is 4.89. The predicted molar refractivity (Wildman–Crippen MR) is 126 cm³/mol. The molecule has 1 fully saturated rings. The normalized spacial score (nSPS) is 15.6. The van der Waals surface area contributed by atoms with E-state index < -0.39 is 0 Å². The number of hydrogen-bond acceptors (Lipinski definition) is 4. The van der Waals surface area contributed by atoms with Crippen LogP contribution in [0.15, 0.2) is 66.9 Å². The summed E-state index contributed by atoms with van der Waals surface area (Å²) in [5, 5.41) is 3.45. The van der Waals surface area contributed by atoms with Gasteiger partial charge in [0.2, 0.25) is 0 Å². The van der Waals surface area contributed by atoms with E-state index in [0.29, 0.717) is 24.5 Å². The number of fused-ring (bicyclic) bond motifs is 1. The van der Waals surface area contributed by atoms with E-state index in [1.54, 1.807) is 6.20 Å². The van der Waals surface area contributed by atoms with Crippen LogP contribution in [0.1, 0.15) is 40.7 Å². The molecule has 2 aromatic carbocycles. The van der Waals surface area contributed by atoms with Gasteiger partial charge < -0.3 is 15.1 Å².